The van der Waals surface area contributed by atoms with Gasteiger partial charge in [-0.3, -0.25) is 4.99 Å². The molecule has 0 fully saturated rings. The summed E-state index contributed by atoms with van der Waals surface area (Å²) in [6, 6.07) is 8.65. The Morgan fingerprint density at radius 3 is 2.58 bits per heavy atom. The summed E-state index contributed by atoms with van der Waals surface area (Å²) < 4.78 is 0. The number of nitrogens with one attached hydrogen (secondary N) is 1. The fourth-order valence-corrected chi connectivity index (χ4v) is 3.52. The van der Waals surface area contributed by atoms with Crippen molar-refractivity contribution in [1.29, 1.82) is 0 Å². The molecular formula is C17H25IN4S2. The zero-order valence-corrected chi connectivity index (χ0v) is 18.5. The van der Waals surface area contributed by atoms with E-state index in [2.05, 4.69) is 56.8 Å². The number of benzene rings is 1. The number of nitrogens with zero attached hydrogens (tertiary/aromatic N) is 3. The number of aryl methyl sites for hydroxylation is 2. The summed E-state index contributed by atoms with van der Waals surface area (Å²) in [7, 11) is 3.86. The van der Waals surface area contributed by atoms with E-state index < -0.39 is 0 Å². The molecular weight excluding hydrogens is 451 g/mol. The molecule has 0 spiro atoms. The van der Waals surface area contributed by atoms with Gasteiger partial charge in [-0.15, -0.1) is 47.1 Å². The molecule has 0 aliphatic heterocycles. The predicted molar refractivity (Wildman–Crippen MR) is 117 cm³/mol. The van der Waals surface area contributed by atoms with Crippen LogP contribution in [-0.2, 0) is 6.54 Å². The van der Waals surface area contributed by atoms with Crippen LogP contribution in [0.2, 0.25) is 0 Å². The standard InChI is InChI=1S/C17H24N4S2.HI/c1-13-5-7-16(8-6-13)22-10-9-19-17(18-3)21(4)11-15-12-23-14(2)20-15;/h5-8,12H,9-11H2,1-4H3,(H,18,19);1H. The summed E-state index contributed by atoms with van der Waals surface area (Å²) in [5.74, 6) is 1.91. The minimum atomic E-state index is 0. The van der Waals surface area contributed by atoms with Gasteiger partial charge in [0, 0.05) is 36.7 Å². The smallest absolute Gasteiger partial charge is 0.193 e. The normalized spacial score (nSPS) is 11.1. The summed E-state index contributed by atoms with van der Waals surface area (Å²) in [5, 5.41) is 6.61. The van der Waals surface area contributed by atoms with Crippen LogP contribution < -0.4 is 5.32 Å². The SMILES string of the molecule is CN=C(NCCSc1ccc(C)cc1)N(C)Cc1csc(C)n1.I. The molecule has 4 nitrogen and oxygen atoms in total. The Morgan fingerprint density at radius 2 is 2.00 bits per heavy atom. The Balaban J connectivity index is 0.00000288. The van der Waals surface area contributed by atoms with Gasteiger partial charge in [0.2, 0.25) is 0 Å². The number of halogens is 1. The summed E-state index contributed by atoms with van der Waals surface area (Å²) in [6.07, 6.45) is 0. The average Bonchev–Trinajstić information content (AvgIpc) is 2.94. The molecule has 0 unspecified atom stereocenters. The van der Waals surface area contributed by atoms with Crippen molar-refractivity contribution >= 4 is 53.0 Å². The summed E-state index contributed by atoms with van der Waals surface area (Å²) in [4.78, 5) is 12.3. The van der Waals surface area contributed by atoms with Crippen molar-refractivity contribution in [2.45, 2.75) is 25.3 Å². The van der Waals surface area contributed by atoms with Crippen LogP contribution in [0.15, 0.2) is 39.5 Å². The lowest BCUT2D eigenvalue weighted by Crippen LogP contribution is -2.39. The van der Waals surface area contributed by atoms with Crippen LogP contribution in [0.3, 0.4) is 0 Å². The highest BCUT2D eigenvalue weighted by Crippen LogP contribution is 2.17. The second-order valence-corrected chi connectivity index (χ2v) is 7.58. The lowest BCUT2D eigenvalue weighted by atomic mass is 10.2. The molecule has 0 aliphatic rings. The second kappa shape index (κ2) is 10.9. The number of thioether (sulfide) groups is 1. The number of rotatable bonds is 6. The molecule has 1 heterocycles. The van der Waals surface area contributed by atoms with E-state index in [4.69, 9.17) is 0 Å². The molecule has 2 aromatic rings. The van der Waals surface area contributed by atoms with Crippen molar-refractivity contribution in [3.8, 4) is 0 Å². The molecule has 1 N–H and O–H groups in total. The molecule has 0 amide bonds. The topological polar surface area (TPSA) is 40.5 Å². The van der Waals surface area contributed by atoms with Gasteiger partial charge in [0.25, 0.3) is 0 Å². The van der Waals surface area contributed by atoms with E-state index in [9.17, 15) is 0 Å². The van der Waals surface area contributed by atoms with Gasteiger partial charge in [0.1, 0.15) is 0 Å². The zero-order valence-electron chi connectivity index (χ0n) is 14.6. The molecule has 0 atom stereocenters. The highest BCUT2D eigenvalue weighted by atomic mass is 127. The molecule has 0 aliphatic carbocycles. The summed E-state index contributed by atoms with van der Waals surface area (Å²) >= 11 is 3.54. The number of aliphatic imine (C=N–C) groups is 1. The fourth-order valence-electron chi connectivity index (χ4n) is 2.15. The van der Waals surface area contributed by atoms with Crippen LogP contribution >= 0.6 is 47.1 Å². The van der Waals surface area contributed by atoms with Crippen molar-refractivity contribution < 1.29 is 0 Å². The predicted octanol–water partition coefficient (Wildman–Crippen LogP) is 4.18. The van der Waals surface area contributed by atoms with Crippen LogP contribution in [0.4, 0.5) is 0 Å². The van der Waals surface area contributed by atoms with Gasteiger partial charge in [-0.05, 0) is 26.0 Å². The van der Waals surface area contributed by atoms with E-state index in [0.29, 0.717) is 0 Å². The Bertz CT molecular complexity index is 640. The largest absolute Gasteiger partial charge is 0.355 e. The van der Waals surface area contributed by atoms with Crippen molar-refractivity contribution in [3.63, 3.8) is 0 Å². The van der Waals surface area contributed by atoms with E-state index >= 15 is 0 Å². The molecule has 0 saturated carbocycles. The van der Waals surface area contributed by atoms with E-state index in [0.717, 1.165) is 35.5 Å². The van der Waals surface area contributed by atoms with Crippen LogP contribution in [0.1, 0.15) is 16.3 Å². The summed E-state index contributed by atoms with van der Waals surface area (Å²) in [6.45, 7) is 5.80. The molecule has 2 rings (SSSR count). The minimum Gasteiger partial charge on any atom is -0.355 e. The molecule has 1 aromatic heterocycles. The van der Waals surface area contributed by atoms with Crippen molar-refractivity contribution in [2.75, 3.05) is 26.4 Å². The molecule has 24 heavy (non-hydrogen) atoms. The third kappa shape index (κ3) is 6.98. The molecule has 132 valence electrons. The Kier molecular flexibility index (Phi) is 9.68. The Hall–Kier alpha value is -0.800. The van der Waals surface area contributed by atoms with E-state index in [-0.39, 0.29) is 24.0 Å². The number of hydrogen-bond acceptors (Lipinski definition) is 4. The first-order valence-electron chi connectivity index (χ1n) is 7.60. The summed E-state index contributed by atoms with van der Waals surface area (Å²) in [5.41, 5.74) is 2.39. The molecule has 1 aromatic carbocycles. The van der Waals surface area contributed by atoms with Gasteiger partial charge in [0.15, 0.2) is 5.96 Å². The van der Waals surface area contributed by atoms with Gasteiger partial charge < -0.3 is 10.2 Å². The van der Waals surface area contributed by atoms with Crippen LogP contribution in [-0.4, -0.2) is 42.2 Å². The number of guanidine groups is 1. The van der Waals surface area contributed by atoms with Gasteiger partial charge in [-0.25, -0.2) is 4.98 Å². The van der Waals surface area contributed by atoms with Crippen molar-refractivity contribution in [1.82, 2.24) is 15.2 Å². The Labute approximate surface area is 170 Å². The lowest BCUT2D eigenvalue weighted by molar-refractivity contribution is 0.473. The van der Waals surface area contributed by atoms with Gasteiger partial charge in [-0.2, -0.15) is 0 Å². The fraction of sp³-hybridized carbons (Fsp3) is 0.412. The first kappa shape index (κ1) is 21.2. The lowest BCUT2D eigenvalue weighted by Gasteiger charge is -2.21. The highest BCUT2D eigenvalue weighted by Gasteiger charge is 2.08. The van der Waals surface area contributed by atoms with Crippen LogP contribution in [0.25, 0.3) is 0 Å². The molecule has 0 saturated heterocycles. The van der Waals surface area contributed by atoms with Crippen molar-refractivity contribution in [2.24, 2.45) is 4.99 Å². The van der Waals surface area contributed by atoms with Gasteiger partial charge in [-0.1, -0.05) is 17.7 Å². The maximum Gasteiger partial charge on any atom is 0.193 e. The number of hydrogen-bond donors (Lipinski definition) is 1. The van der Waals surface area contributed by atoms with E-state index in [1.807, 2.05) is 32.8 Å². The van der Waals surface area contributed by atoms with Crippen molar-refractivity contribution in [3.05, 3.63) is 45.9 Å². The zero-order chi connectivity index (χ0) is 16.7. The third-order valence-corrected chi connectivity index (χ3v) is 5.15. The van der Waals surface area contributed by atoms with Gasteiger partial charge in [0.05, 0.1) is 17.2 Å². The first-order chi connectivity index (χ1) is 11.1. The maximum atomic E-state index is 4.50. The maximum absolute atomic E-state index is 4.50. The monoisotopic (exact) mass is 476 g/mol. The third-order valence-electron chi connectivity index (χ3n) is 3.31. The van der Waals surface area contributed by atoms with Crippen LogP contribution in [0.5, 0.6) is 0 Å². The Morgan fingerprint density at radius 1 is 1.29 bits per heavy atom. The first-order valence-corrected chi connectivity index (χ1v) is 9.47. The van der Waals surface area contributed by atoms with Gasteiger partial charge >= 0.3 is 0 Å². The quantitative estimate of drug-likeness (QED) is 0.223. The highest BCUT2D eigenvalue weighted by molar-refractivity contribution is 14.0. The average molecular weight is 476 g/mol. The minimum absolute atomic E-state index is 0. The van der Waals surface area contributed by atoms with Crippen LogP contribution in [0, 0.1) is 13.8 Å². The van der Waals surface area contributed by atoms with E-state index in [1.54, 1.807) is 11.3 Å². The molecule has 7 heteroatoms. The number of thiazole rings is 1. The molecule has 0 bridgehead atoms. The van der Waals surface area contributed by atoms with E-state index in [1.165, 1.54) is 10.5 Å². The second-order valence-electron chi connectivity index (χ2n) is 5.35. The molecule has 0 radical (unpaired) electrons. The number of aromatic nitrogens is 1.